The van der Waals surface area contributed by atoms with E-state index in [1.54, 1.807) is 12.1 Å². The first-order valence-corrected chi connectivity index (χ1v) is 15.2. The van der Waals surface area contributed by atoms with Crippen molar-refractivity contribution < 1.29 is 22.7 Å². The van der Waals surface area contributed by atoms with E-state index in [4.69, 9.17) is 16.3 Å². The third-order valence-electron chi connectivity index (χ3n) is 6.56. The summed E-state index contributed by atoms with van der Waals surface area (Å²) in [6.07, 6.45) is 1.98. The van der Waals surface area contributed by atoms with Crippen LogP contribution in [0, 0.1) is 0 Å². The Balaban J connectivity index is 2.08. The van der Waals surface area contributed by atoms with Crippen LogP contribution in [0.3, 0.4) is 0 Å². The van der Waals surface area contributed by atoms with Crippen molar-refractivity contribution in [3.8, 4) is 5.75 Å². The standard InChI is InChI=1S/C30H36ClN3O5S/c1-5-22(2)32-30(36)27(18-23-12-8-6-9-13-23)33(20-24-14-10-7-11-15-24)29(35)21-34(40(4,37)38)26-19-25(31)16-17-28(26)39-3/h6-17,19,22,27H,5,18,20-21H2,1-4H3,(H,32,36)/t22-,27-/m1/s1. The lowest BCUT2D eigenvalue weighted by Gasteiger charge is -2.34. The number of anilines is 1. The van der Waals surface area contributed by atoms with Crippen molar-refractivity contribution in [1.29, 1.82) is 0 Å². The molecule has 3 aromatic carbocycles. The number of carbonyl (C=O) groups excluding carboxylic acids is 2. The Morgan fingerprint density at radius 2 is 1.57 bits per heavy atom. The van der Waals surface area contributed by atoms with Gasteiger partial charge in [-0.25, -0.2) is 8.42 Å². The maximum Gasteiger partial charge on any atom is 0.244 e. The molecule has 8 nitrogen and oxygen atoms in total. The number of rotatable bonds is 13. The fourth-order valence-corrected chi connectivity index (χ4v) is 5.24. The topological polar surface area (TPSA) is 96.0 Å². The molecule has 0 fully saturated rings. The molecule has 10 heteroatoms. The highest BCUT2D eigenvalue weighted by atomic mass is 35.5. The third kappa shape index (κ3) is 8.47. The van der Waals surface area contributed by atoms with E-state index in [0.717, 1.165) is 21.7 Å². The van der Waals surface area contributed by atoms with E-state index in [2.05, 4.69) is 5.32 Å². The first-order chi connectivity index (χ1) is 19.0. The van der Waals surface area contributed by atoms with E-state index in [-0.39, 0.29) is 41.4 Å². The van der Waals surface area contributed by atoms with Crippen molar-refractivity contribution in [2.24, 2.45) is 0 Å². The predicted octanol–water partition coefficient (Wildman–Crippen LogP) is 4.67. The van der Waals surface area contributed by atoms with E-state index >= 15 is 0 Å². The summed E-state index contributed by atoms with van der Waals surface area (Å²) in [5.74, 6) is -0.613. The van der Waals surface area contributed by atoms with Crippen molar-refractivity contribution in [2.45, 2.75) is 45.3 Å². The molecule has 1 N–H and O–H groups in total. The Bertz CT molecular complexity index is 1390. The number of nitrogens with zero attached hydrogens (tertiary/aromatic N) is 2. The van der Waals surface area contributed by atoms with Crippen LogP contribution < -0.4 is 14.4 Å². The predicted molar refractivity (Wildman–Crippen MR) is 159 cm³/mol. The molecule has 214 valence electrons. The highest BCUT2D eigenvalue weighted by Crippen LogP contribution is 2.33. The molecular weight excluding hydrogens is 550 g/mol. The molecule has 0 saturated heterocycles. The number of hydrogen-bond acceptors (Lipinski definition) is 5. The quantitative estimate of drug-likeness (QED) is 0.314. The van der Waals surface area contributed by atoms with Gasteiger partial charge in [-0.3, -0.25) is 13.9 Å². The molecular formula is C30H36ClN3O5S. The first-order valence-electron chi connectivity index (χ1n) is 13.0. The number of carbonyl (C=O) groups is 2. The van der Waals surface area contributed by atoms with E-state index in [1.807, 2.05) is 74.5 Å². The summed E-state index contributed by atoms with van der Waals surface area (Å²) in [5, 5.41) is 3.29. The number of amides is 2. The minimum Gasteiger partial charge on any atom is -0.495 e. The van der Waals surface area contributed by atoms with Crippen LogP contribution >= 0.6 is 11.6 Å². The normalized spacial score (nSPS) is 12.7. The number of sulfonamides is 1. The van der Waals surface area contributed by atoms with Crippen molar-refractivity contribution in [2.75, 3.05) is 24.2 Å². The highest BCUT2D eigenvalue weighted by Gasteiger charge is 2.34. The molecule has 2 atom stereocenters. The molecule has 3 aromatic rings. The molecule has 0 aromatic heterocycles. The van der Waals surface area contributed by atoms with Crippen LogP contribution in [0.5, 0.6) is 5.75 Å². The van der Waals surface area contributed by atoms with Gasteiger partial charge in [0, 0.05) is 24.0 Å². The van der Waals surface area contributed by atoms with Gasteiger partial charge >= 0.3 is 0 Å². The van der Waals surface area contributed by atoms with E-state index in [0.29, 0.717) is 6.42 Å². The van der Waals surface area contributed by atoms with Gasteiger partial charge < -0.3 is 15.0 Å². The molecule has 2 amide bonds. The summed E-state index contributed by atoms with van der Waals surface area (Å²) in [7, 11) is -2.54. The van der Waals surface area contributed by atoms with E-state index in [9.17, 15) is 18.0 Å². The molecule has 3 rings (SSSR count). The van der Waals surface area contributed by atoms with Crippen LogP contribution in [0.15, 0.2) is 78.9 Å². The summed E-state index contributed by atoms with van der Waals surface area (Å²) in [6.45, 7) is 3.42. The second kappa shape index (κ2) is 14.2. The summed E-state index contributed by atoms with van der Waals surface area (Å²) < 4.78 is 32.3. The van der Waals surface area contributed by atoms with Gasteiger partial charge in [0.1, 0.15) is 18.3 Å². The smallest absolute Gasteiger partial charge is 0.244 e. The Morgan fingerprint density at radius 1 is 0.975 bits per heavy atom. The molecule has 0 spiro atoms. The number of benzene rings is 3. The molecule has 0 aliphatic heterocycles. The van der Waals surface area contributed by atoms with Crippen molar-refractivity contribution in [3.05, 3.63) is 95.0 Å². The van der Waals surface area contributed by atoms with Crippen LogP contribution in [0.25, 0.3) is 0 Å². The average molecular weight is 586 g/mol. The van der Waals surface area contributed by atoms with Crippen LogP contribution in [0.4, 0.5) is 5.69 Å². The monoisotopic (exact) mass is 585 g/mol. The summed E-state index contributed by atoms with van der Waals surface area (Å²) in [6, 6.07) is 22.3. The maximum atomic E-state index is 14.1. The van der Waals surface area contributed by atoms with Gasteiger partial charge in [-0.15, -0.1) is 0 Å². The van der Waals surface area contributed by atoms with Crippen LogP contribution in [0.1, 0.15) is 31.4 Å². The SMILES string of the molecule is CC[C@@H](C)NC(=O)[C@@H](Cc1ccccc1)N(Cc1ccccc1)C(=O)CN(c1cc(Cl)ccc1OC)S(C)(=O)=O. The van der Waals surface area contributed by atoms with Gasteiger partial charge in [0.2, 0.25) is 21.8 Å². The Kier molecular flexibility index (Phi) is 11.0. The van der Waals surface area contributed by atoms with Gasteiger partial charge in [-0.1, -0.05) is 79.2 Å². The highest BCUT2D eigenvalue weighted by molar-refractivity contribution is 7.92. The lowest BCUT2D eigenvalue weighted by Crippen LogP contribution is -2.54. The third-order valence-corrected chi connectivity index (χ3v) is 7.92. The number of hydrogen-bond donors (Lipinski definition) is 1. The van der Waals surface area contributed by atoms with Gasteiger partial charge in [0.15, 0.2) is 0 Å². The molecule has 0 unspecified atom stereocenters. The number of nitrogens with one attached hydrogen (secondary N) is 1. The summed E-state index contributed by atoms with van der Waals surface area (Å²) in [4.78, 5) is 29.3. The molecule has 0 saturated carbocycles. The zero-order valence-corrected chi connectivity index (χ0v) is 24.8. The van der Waals surface area contributed by atoms with Gasteiger partial charge in [0.05, 0.1) is 19.1 Å². The van der Waals surface area contributed by atoms with E-state index < -0.39 is 28.5 Å². The summed E-state index contributed by atoms with van der Waals surface area (Å²) in [5.41, 5.74) is 1.81. The number of halogens is 1. The van der Waals surface area contributed by atoms with E-state index in [1.165, 1.54) is 18.1 Å². The lowest BCUT2D eigenvalue weighted by molar-refractivity contribution is -0.140. The van der Waals surface area contributed by atoms with Gasteiger partial charge in [0.25, 0.3) is 0 Å². The second-order valence-electron chi connectivity index (χ2n) is 9.62. The molecule has 0 aliphatic carbocycles. The van der Waals surface area contributed by atoms with Gasteiger partial charge in [-0.2, -0.15) is 0 Å². The largest absolute Gasteiger partial charge is 0.495 e. The van der Waals surface area contributed by atoms with Crippen molar-refractivity contribution in [1.82, 2.24) is 10.2 Å². The molecule has 0 bridgehead atoms. The Labute approximate surface area is 241 Å². The van der Waals surface area contributed by atoms with Crippen LogP contribution in [-0.4, -0.2) is 57.1 Å². The van der Waals surface area contributed by atoms with Crippen LogP contribution in [-0.2, 0) is 32.6 Å². The number of ether oxygens (including phenoxy) is 1. The van der Waals surface area contributed by atoms with Gasteiger partial charge in [-0.05, 0) is 42.7 Å². The molecule has 40 heavy (non-hydrogen) atoms. The fourth-order valence-electron chi connectivity index (χ4n) is 4.23. The number of methoxy groups -OCH3 is 1. The van der Waals surface area contributed by atoms with Crippen molar-refractivity contribution in [3.63, 3.8) is 0 Å². The van der Waals surface area contributed by atoms with Crippen molar-refractivity contribution >= 4 is 39.1 Å². The minimum atomic E-state index is -3.95. The second-order valence-corrected chi connectivity index (χ2v) is 12.0. The Morgan fingerprint density at radius 3 is 2.12 bits per heavy atom. The zero-order chi connectivity index (χ0) is 29.3. The lowest BCUT2D eigenvalue weighted by atomic mass is 10.0. The maximum absolute atomic E-state index is 14.1. The summed E-state index contributed by atoms with van der Waals surface area (Å²) >= 11 is 6.19. The minimum absolute atomic E-state index is 0.107. The average Bonchev–Trinajstić information content (AvgIpc) is 2.93. The molecule has 0 heterocycles. The zero-order valence-electron chi connectivity index (χ0n) is 23.2. The first kappa shape index (κ1) is 31.0. The Hall–Kier alpha value is -3.56. The fraction of sp³-hybridized carbons (Fsp3) is 0.333. The molecule has 0 radical (unpaired) electrons. The van der Waals surface area contributed by atoms with Crippen LogP contribution in [0.2, 0.25) is 5.02 Å². The molecule has 0 aliphatic rings.